The molecule has 1 aromatic heterocycles. The van der Waals surface area contributed by atoms with Crippen LogP contribution in [0.2, 0.25) is 0 Å². The Morgan fingerprint density at radius 3 is 2.86 bits per heavy atom. The highest BCUT2D eigenvalue weighted by molar-refractivity contribution is 7.08. The van der Waals surface area contributed by atoms with Gasteiger partial charge >= 0.3 is 0 Å². The van der Waals surface area contributed by atoms with Crippen molar-refractivity contribution < 1.29 is 9.59 Å². The Labute approximate surface area is 133 Å². The van der Waals surface area contributed by atoms with E-state index in [2.05, 4.69) is 5.32 Å². The van der Waals surface area contributed by atoms with Gasteiger partial charge in [-0.2, -0.15) is 11.3 Å². The molecule has 0 fully saturated rings. The molecule has 0 bridgehead atoms. The summed E-state index contributed by atoms with van der Waals surface area (Å²) >= 11 is 1.50. The molecule has 2 amide bonds. The fraction of sp³-hybridized carbons (Fsp3) is 0.294. The van der Waals surface area contributed by atoms with Gasteiger partial charge in [-0.05, 0) is 41.1 Å². The quantitative estimate of drug-likeness (QED) is 0.945. The number of anilines is 1. The Balaban J connectivity index is 1.76. The van der Waals surface area contributed by atoms with Crippen molar-refractivity contribution in [3.63, 3.8) is 0 Å². The number of thiophene rings is 1. The summed E-state index contributed by atoms with van der Waals surface area (Å²) in [6.45, 7) is 3.29. The standard InChI is InChI=1S/C17H18N2O2S/c1-2-16(20)19-7-5-12-3-4-15(9-14(12)10-19)18-17(21)13-6-8-22-11-13/h3-4,6,8-9,11H,2,5,7,10H2,1H3,(H,18,21). The van der Waals surface area contributed by atoms with E-state index in [-0.39, 0.29) is 11.8 Å². The maximum absolute atomic E-state index is 12.1. The van der Waals surface area contributed by atoms with Crippen molar-refractivity contribution in [2.24, 2.45) is 0 Å². The molecular formula is C17H18N2O2S. The first kappa shape index (κ1) is 14.8. The molecule has 114 valence electrons. The molecule has 1 aromatic carbocycles. The molecule has 3 rings (SSSR count). The minimum Gasteiger partial charge on any atom is -0.338 e. The Kier molecular flexibility index (Phi) is 4.24. The van der Waals surface area contributed by atoms with Gasteiger partial charge in [-0.25, -0.2) is 0 Å². The summed E-state index contributed by atoms with van der Waals surface area (Å²) in [4.78, 5) is 25.8. The highest BCUT2D eigenvalue weighted by atomic mass is 32.1. The Morgan fingerprint density at radius 1 is 1.27 bits per heavy atom. The number of nitrogens with zero attached hydrogens (tertiary/aromatic N) is 1. The fourth-order valence-electron chi connectivity index (χ4n) is 2.67. The van der Waals surface area contributed by atoms with Gasteiger partial charge in [0.2, 0.25) is 5.91 Å². The Bertz CT molecular complexity index is 695. The molecule has 0 saturated carbocycles. The normalized spacial score (nSPS) is 13.6. The second-order valence-electron chi connectivity index (χ2n) is 5.37. The lowest BCUT2D eigenvalue weighted by molar-refractivity contribution is -0.131. The van der Waals surface area contributed by atoms with Crippen molar-refractivity contribution >= 4 is 28.8 Å². The highest BCUT2D eigenvalue weighted by Crippen LogP contribution is 2.23. The van der Waals surface area contributed by atoms with Crippen molar-refractivity contribution in [1.29, 1.82) is 0 Å². The second kappa shape index (κ2) is 6.32. The van der Waals surface area contributed by atoms with Crippen LogP contribution in [-0.2, 0) is 17.8 Å². The van der Waals surface area contributed by atoms with E-state index >= 15 is 0 Å². The molecule has 2 heterocycles. The summed E-state index contributed by atoms with van der Waals surface area (Å²) in [5.41, 5.74) is 3.83. The molecule has 5 heteroatoms. The topological polar surface area (TPSA) is 49.4 Å². The zero-order chi connectivity index (χ0) is 15.5. The van der Waals surface area contributed by atoms with Crippen LogP contribution in [0.1, 0.15) is 34.8 Å². The van der Waals surface area contributed by atoms with E-state index in [0.29, 0.717) is 18.5 Å². The average Bonchev–Trinajstić information content (AvgIpc) is 3.08. The second-order valence-corrected chi connectivity index (χ2v) is 6.15. The average molecular weight is 314 g/mol. The molecule has 0 radical (unpaired) electrons. The first-order chi connectivity index (χ1) is 10.7. The summed E-state index contributed by atoms with van der Waals surface area (Å²) in [6.07, 6.45) is 1.41. The molecule has 0 atom stereocenters. The van der Waals surface area contributed by atoms with Crippen LogP contribution in [0.15, 0.2) is 35.0 Å². The van der Waals surface area contributed by atoms with Gasteiger partial charge in [-0.1, -0.05) is 13.0 Å². The number of rotatable bonds is 3. The zero-order valence-electron chi connectivity index (χ0n) is 12.5. The SMILES string of the molecule is CCC(=O)N1CCc2ccc(NC(=O)c3ccsc3)cc2C1. The molecule has 1 N–H and O–H groups in total. The van der Waals surface area contributed by atoms with Crippen LogP contribution in [0.4, 0.5) is 5.69 Å². The van der Waals surface area contributed by atoms with Gasteiger partial charge in [0.05, 0.1) is 5.56 Å². The maximum atomic E-state index is 12.1. The lowest BCUT2D eigenvalue weighted by Gasteiger charge is -2.29. The van der Waals surface area contributed by atoms with E-state index in [1.165, 1.54) is 16.9 Å². The first-order valence-electron chi connectivity index (χ1n) is 7.40. The lowest BCUT2D eigenvalue weighted by atomic mass is 9.98. The van der Waals surface area contributed by atoms with Gasteiger partial charge in [0.25, 0.3) is 5.91 Å². The molecule has 0 unspecified atom stereocenters. The minimum absolute atomic E-state index is 0.0986. The number of fused-ring (bicyclic) bond motifs is 1. The van der Waals surface area contributed by atoms with Crippen molar-refractivity contribution in [3.05, 3.63) is 51.7 Å². The predicted molar refractivity (Wildman–Crippen MR) is 88.1 cm³/mol. The third-order valence-electron chi connectivity index (χ3n) is 3.91. The van der Waals surface area contributed by atoms with Crippen LogP contribution >= 0.6 is 11.3 Å². The van der Waals surface area contributed by atoms with Gasteiger partial charge in [0.1, 0.15) is 0 Å². The summed E-state index contributed by atoms with van der Waals surface area (Å²) < 4.78 is 0. The monoisotopic (exact) mass is 314 g/mol. The molecular weight excluding hydrogens is 296 g/mol. The third-order valence-corrected chi connectivity index (χ3v) is 4.60. The van der Waals surface area contributed by atoms with Gasteiger partial charge in [0, 0.05) is 30.6 Å². The number of amides is 2. The molecule has 0 spiro atoms. The van der Waals surface area contributed by atoms with Crippen LogP contribution in [0, 0.1) is 0 Å². The molecule has 1 aliphatic heterocycles. The van der Waals surface area contributed by atoms with E-state index < -0.39 is 0 Å². The number of carbonyl (C=O) groups is 2. The summed E-state index contributed by atoms with van der Waals surface area (Å²) in [6, 6.07) is 7.77. The van der Waals surface area contributed by atoms with E-state index in [1.807, 2.05) is 40.8 Å². The van der Waals surface area contributed by atoms with Crippen LogP contribution in [0.3, 0.4) is 0 Å². The van der Waals surface area contributed by atoms with Crippen molar-refractivity contribution in [3.8, 4) is 0 Å². The molecule has 2 aromatic rings. The number of benzene rings is 1. The Morgan fingerprint density at radius 2 is 2.14 bits per heavy atom. The van der Waals surface area contributed by atoms with Crippen LogP contribution in [-0.4, -0.2) is 23.3 Å². The van der Waals surface area contributed by atoms with Crippen molar-refractivity contribution in [2.75, 3.05) is 11.9 Å². The van der Waals surface area contributed by atoms with Crippen molar-refractivity contribution in [1.82, 2.24) is 4.90 Å². The van der Waals surface area contributed by atoms with Crippen LogP contribution < -0.4 is 5.32 Å². The number of carbonyl (C=O) groups excluding carboxylic acids is 2. The minimum atomic E-state index is -0.0986. The third kappa shape index (κ3) is 3.04. The van der Waals surface area contributed by atoms with Crippen molar-refractivity contribution in [2.45, 2.75) is 26.3 Å². The number of nitrogens with one attached hydrogen (secondary N) is 1. The largest absolute Gasteiger partial charge is 0.338 e. The molecule has 1 aliphatic rings. The summed E-state index contributed by atoms with van der Waals surface area (Å²) in [5.74, 6) is 0.0804. The molecule has 0 aliphatic carbocycles. The number of hydrogen-bond donors (Lipinski definition) is 1. The molecule has 4 nitrogen and oxygen atoms in total. The maximum Gasteiger partial charge on any atom is 0.256 e. The molecule has 22 heavy (non-hydrogen) atoms. The van der Waals surface area contributed by atoms with Gasteiger partial charge < -0.3 is 10.2 Å². The van der Waals surface area contributed by atoms with Gasteiger partial charge in [-0.15, -0.1) is 0 Å². The smallest absolute Gasteiger partial charge is 0.256 e. The fourth-order valence-corrected chi connectivity index (χ4v) is 3.30. The number of hydrogen-bond acceptors (Lipinski definition) is 3. The van der Waals surface area contributed by atoms with E-state index in [4.69, 9.17) is 0 Å². The van der Waals surface area contributed by atoms with E-state index in [0.717, 1.165) is 24.2 Å². The zero-order valence-corrected chi connectivity index (χ0v) is 13.3. The first-order valence-corrected chi connectivity index (χ1v) is 8.35. The summed E-state index contributed by atoms with van der Waals surface area (Å²) in [7, 11) is 0. The highest BCUT2D eigenvalue weighted by Gasteiger charge is 2.20. The predicted octanol–water partition coefficient (Wildman–Crippen LogP) is 3.30. The van der Waals surface area contributed by atoms with Crippen LogP contribution in [0.25, 0.3) is 0 Å². The van der Waals surface area contributed by atoms with Crippen LogP contribution in [0.5, 0.6) is 0 Å². The van der Waals surface area contributed by atoms with E-state index in [1.54, 1.807) is 6.07 Å². The summed E-state index contributed by atoms with van der Waals surface area (Å²) in [5, 5.41) is 6.63. The Hall–Kier alpha value is -2.14. The van der Waals surface area contributed by atoms with Gasteiger partial charge in [-0.3, -0.25) is 9.59 Å². The van der Waals surface area contributed by atoms with Gasteiger partial charge in [0.15, 0.2) is 0 Å². The lowest BCUT2D eigenvalue weighted by Crippen LogP contribution is -2.35. The van der Waals surface area contributed by atoms with E-state index in [9.17, 15) is 9.59 Å². The molecule has 0 saturated heterocycles.